The molecule has 0 atom stereocenters. The van der Waals surface area contributed by atoms with Gasteiger partial charge >= 0.3 is 9.28 Å². The van der Waals surface area contributed by atoms with Gasteiger partial charge in [-0.3, -0.25) is 0 Å². The number of hydrogen-bond donors (Lipinski definition) is 0. The fourth-order valence-corrected chi connectivity index (χ4v) is 1.43. The molecule has 3 heteroatoms. The van der Waals surface area contributed by atoms with Crippen molar-refractivity contribution in [3.8, 4) is 0 Å². The van der Waals surface area contributed by atoms with Crippen molar-refractivity contribution in [2.75, 3.05) is 13.2 Å². The van der Waals surface area contributed by atoms with Crippen molar-refractivity contribution < 1.29 is 8.85 Å². The Hall–Kier alpha value is 0.137. The maximum atomic E-state index is 5.07. The molecule has 1 saturated heterocycles. The van der Waals surface area contributed by atoms with Gasteiger partial charge in [0.2, 0.25) is 0 Å². The SMILES string of the molecule is C[SiH]1OCCO1. The van der Waals surface area contributed by atoms with Crippen molar-refractivity contribution in [3.05, 3.63) is 0 Å². The zero-order valence-electron chi connectivity index (χ0n) is 3.81. The lowest BCUT2D eigenvalue weighted by atomic mass is 10.8. The van der Waals surface area contributed by atoms with Gasteiger partial charge in [0, 0.05) is 0 Å². The Morgan fingerprint density at radius 2 is 1.83 bits per heavy atom. The largest absolute Gasteiger partial charge is 0.394 e. The van der Waals surface area contributed by atoms with Gasteiger partial charge in [-0.2, -0.15) is 0 Å². The van der Waals surface area contributed by atoms with Crippen LogP contribution in [0.5, 0.6) is 0 Å². The van der Waals surface area contributed by atoms with Crippen LogP contribution in [-0.4, -0.2) is 22.5 Å². The first-order valence-electron chi connectivity index (χ1n) is 2.13. The van der Waals surface area contributed by atoms with Crippen molar-refractivity contribution in [2.45, 2.75) is 6.55 Å². The van der Waals surface area contributed by atoms with E-state index in [9.17, 15) is 0 Å². The van der Waals surface area contributed by atoms with Gasteiger partial charge in [-0.15, -0.1) is 0 Å². The molecule has 0 aliphatic carbocycles. The summed E-state index contributed by atoms with van der Waals surface area (Å²) in [6.45, 7) is 3.69. The molecule has 0 bridgehead atoms. The van der Waals surface area contributed by atoms with Crippen LogP contribution in [0, 0.1) is 0 Å². The molecule has 0 unspecified atom stereocenters. The Morgan fingerprint density at radius 3 is 2.00 bits per heavy atom. The van der Waals surface area contributed by atoms with Gasteiger partial charge in [-0.1, -0.05) is 0 Å². The number of hydrogen-bond acceptors (Lipinski definition) is 2. The Kier molecular flexibility index (Phi) is 1.24. The van der Waals surface area contributed by atoms with Crippen LogP contribution < -0.4 is 0 Å². The van der Waals surface area contributed by atoms with Crippen LogP contribution in [0.25, 0.3) is 0 Å². The van der Waals surface area contributed by atoms with Crippen LogP contribution in [-0.2, 0) is 8.85 Å². The molecule has 1 aliphatic heterocycles. The third kappa shape index (κ3) is 0.799. The molecule has 0 aromatic heterocycles. The zero-order chi connectivity index (χ0) is 4.41. The van der Waals surface area contributed by atoms with Crippen LogP contribution in [0.2, 0.25) is 6.55 Å². The molecule has 2 nitrogen and oxygen atoms in total. The summed E-state index contributed by atoms with van der Waals surface area (Å²) in [4.78, 5) is 0. The first-order chi connectivity index (χ1) is 2.89. The second-order valence-corrected chi connectivity index (χ2v) is 3.11. The molecule has 0 amide bonds. The normalized spacial score (nSPS) is 25.5. The molecule has 1 fully saturated rings. The highest BCUT2D eigenvalue weighted by Crippen LogP contribution is 1.95. The summed E-state index contributed by atoms with van der Waals surface area (Å²) in [5.74, 6) is 0. The van der Waals surface area contributed by atoms with Crippen molar-refractivity contribution >= 4 is 9.28 Å². The third-order valence-electron chi connectivity index (χ3n) is 0.788. The predicted molar refractivity (Wildman–Crippen MR) is 24.9 cm³/mol. The Balaban J connectivity index is 2.18. The summed E-state index contributed by atoms with van der Waals surface area (Å²) >= 11 is 0. The minimum atomic E-state index is -1.05. The smallest absolute Gasteiger partial charge is 0.318 e. The highest BCUT2D eigenvalue weighted by molar-refractivity contribution is 6.43. The van der Waals surface area contributed by atoms with Crippen LogP contribution in [0.15, 0.2) is 0 Å². The molecular weight excluding hydrogens is 96.1 g/mol. The molecule has 0 saturated carbocycles. The van der Waals surface area contributed by atoms with E-state index in [0.29, 0.717) is 0 Å². The summed E-state index contributed by atoms with van der Waals surface area (Å²) in [5, 5.41) is 0. The van der Waals surface area contributed by atoms with Crippen molar-refractivity contribution in [3.63, 3.8) is 0 Å². The Labute approximate surface area is 38.9 Å². The fourth-order valence-electron chi connectivity index (χ4n) is 0.476. The molecule has 0 aromatic carbocycles. The van der Waals surface area contributed by atoms with Crippen LogP contribution >= 0.6 is 0 Å². The summed E-state index contributed by atoms with van der Waals surface area (Å²) in [6, 6.07) is 0. The Morgan fingerprint density at radius 1 is 1.33 bits per heavy atom. The van der Waals surface area contributed by atoms with Crippen molar-refractivity contribution in [1.82, 2.24) is 0 Å². The highest BCUT2D eigenvalue weighted by Gasteiger charge is 2.10. The fraction of sp³-hybridized carbons (Fsp3) is 1.00. The molecule has 6 heavy (non-hydrogen) atoms. The minimum Gasteiger partial charge on any atom is -0.394 e. The first-order valence-corrected chi connectivity index (χ1v) is 4.22. The third-order valence-corrected chi connectivity index (χ3v) is 2.20. The lowest BCUT2D eigenvalue weighted by Crippen LogP contribution is -2.05. The monoisotopic (exact) mass is 104 g/mol. The average Bonchev–Trinajstić information content (AvgIpc) is 1.86. The van der Waals surface area contributed by atoms with Gasteiger partial charge in [-0.25, -0.2) is 0 Å². The summed E-state index contributed by atoms with van der Waals surface area (Å²) in [7, 11) is -1.05. The Bertz CT molecular complexity index is 42.1. The van der Waals surface area contributed by atoms with Gasteiger partial charge < -0.3 is 8.85 Å². The minimum absolute atomic E-state index is 0.827. The predicted octanol–water partition coefficient (Wildman–Crippen LogP) is -0.117. The maximum Gasteiger partial charge on any atom is 0.318 e. The van der Waals surface area contributed by atoms with Gasteiger partial charge in [0.05, 0.1) is 13.2 Å². The lowest BCUT2D eigenvalue weighted by Gasteiger charge is -1.91. The van der Waals surface area contributed by atoms with Crippen molar-refractivity contribution in [1.29, 1.82) is 0 Å². The summed E-state index contributed by atoms with van der Waals surface area (Å²) < 4.78 is 10.1. The van der Waals surface area contributed by atoms with Crippen molar-refractivity contribution in [2.24, 2.45) is 0 Å². The molecular formula is C3H8O2Si. The lowest BCUT2D eigenvalue weighted by molar-refractivity contribution is 0.365. The van der Waals surface area contributed by atoms with Gasteiger partial charge in [0.1, 0.15) is 0 Å². The maximum absolute atomic E-state index is 5.07. The molecule has 36 valence electrons. The van der Waals surface area contributed by atoms with Gasteiger partial charge in [-0.05, 0) is 6.55 Å². The van der Waals surface area contributed by atoms with Crippen LogP contribution in [0.4, 0.5) is 0 Å². The van der Waals surface area contributed by atoms with E-state index in [1.54, 1.807) is 0 Å². The molecule has 0 N–H and O–H groups in total. The van der Waals surface area contributed by atoms with E-state index >= 15 is 0 Å². The summed E-state index contributed by atoms with van der Waals surface area (Å²) in [6.07, 6.45) is 0. The molecule has 1 aliphatic rings. The quantitative estimate of drug-likeness (QED) is 0.399. The van der Waals surface area contributed by atoms with E-state index in [-0.39, 0.29) is 0 Å². The van der Waals surface area contributed by atoms with Crippen LogP contribution in [0.3, 0.4) is 0 Å². The van der Waals surface area contributed by atoms with E-state index in [0.717, 1.165) is 13.2 Å². The zero-order valence-corrected chi connectivity index (χ0v) is 4.96. The second kappa shape index (κ2) is 1.73. The van der Waals surface area contributed by atoms with E-state index < -0.39 is 9.28 Å². The molecule has 0 spiro atoms. The molecule has 0 radical (unpaired) electrons. The second-order valence-electron chi connectivity index (χ2n) is 1.31. The topological polar surface area (TPSA) is 18.5 Å². The van der Waals surface area contributed by atoms with E-state index in [4.69, 9.17) is 8.85 Å². The molecule has 0 aromatic rings. The standard InChI is InChI=1S/C3H8O2Si/c1-6-4-2-3-5-6/h6H,2-3H2,1H3. The van der Waals surface area contributed by atoms with Gasteiger partial charge in [0.25, 0.3) is 0 Å². The molecule has 1 heterocycles. The van der Waals surface area contributed by atoms with E-state index in [2.05, 4.69) is 0 Å². The average molecular weight is 104 g/mol. The highest BCUT2D eigenvalue weighted by atomic mass is 28.3. The van der Waals surface area contributed by atoms with Gasteiger partial charge in [0.15, 0.2) is 0 Å². The molecule has 1 rings (SSSR count). The van der Waals surface area contributed by atoms with Crippen LogP contribution in [0.1, 0.15) is 0 Å². The van der Waals surface area contributed by atoms with E-state index in [1.807, 2.05) is 6.55 Å². The summed E-state index contributed by atoms with van der Waals surface area (Å²) in [5.41, 5.74) is 0. The first kappa shape index (κ1) is 4.30. The van der Waals surface area contributed by atoms with E-state index in [1.165, 1.54) is 0 Å². The number of rotatable bonds is 0.